The van der Waals surface area contributed by atoms with Gasteiger partial charge in [0, 0.05) is 25.6 Å². The number of hydrogen-bond acceptors (Lipinski definition) is 5. The van der Waals surface area contributed by atoms with Crippen LogP contribution in [0.3, 0.4) is 0 Å². The second-order valence-corrected chi connectivity index (χ2v) is 6.14. The number of hydrazine groups is 1. The van der Waals surface area contributed by atoms with Crippen molar-refractivity contribution in [1.82, 2.24) is 16.2 Å². The largest absolute Gasteiger partial charge is 0.454 e. The van der Waals surface area contributed by atoms with Gasteiger partial charge in [-0.3, -0.25) is 5.43 Å². The van der Waals surface area contributed by atoms with Crippen molar-refractivity contribution in [1.29, 1.82) is 0 Å². The molecule has 2 aliphatic rings. The highest BCUT2D eigenvalue weighted by atomic mass is 19.1. The van der Waals surface area contributed by atoms with Gasteiger partial charge >= 0.3 is 0 Å². The van der Waals surface area contributed by atoms with E-state index in [2.05, 4.69) is 22.2 Å². The minimum absolute atomic E-state index is 0.194. The first-order chi connectivity index (χ1) is 11.8. The molecule has 0 saturated carbocycles. The molecular formula is C18H20FN3O2. The standard InChI is InChI=1S/C18H20FN3O2/c19-15-3-1-2-12(6-15)8-20-9-14-10-21-22-18(14)13-4-5-16-17(7-13)24-11-23-16/h1-7,14,18,20-22H,8-11H2. The predicted octanol–water partition coefficient (Wildman–Crippen LogP) is 2.11. The second kappa shape index (κ2) is 6.76. The summed E-state index contributed by atoms with van der Waals surface area (Å²) in [5.41, 5.74) is 8.67. The van der Waals surface area contributed by atoms with E-state index in [0.29, 0.717) is 12.5 Å². The maximum atomic E-state index is 13.2. The molecule has 0 aliphatic carbocycles. The van der Waals surface area contributed by atoms with Gasteiger partial charge in [0.2, 0.25) is 6.79 Å². The van der Waals surface area contributed by atoms with Crippen molar-refractivity contribution in [3.63, 3.8) is 0 Å². The Morgan fingerprint density at radius 2 is 2.04 bits per heavy atom. The van der Waals surface area contributed by atoms with Crippen LogP contribution in [0.4, 0.5) is 4.39 Å². The summed E-state index contributed by atoms with van der Waals surface area (Å²) in [4.78, 5) is 0. The normalized spacial score (nSPS) is 22.0. The van der Waals surface area contributed by atoms with Gasteiger partial charge in [-0.1, -0.05) is 18.2 Å². The summed E-state index contributed by atoms with van der Waals surface area (Å²) < 4.78 is 24.0. The Morgan fingerprint density at radius 1 is 1.12 bits per heavy atom. The van der Waals surface area contributed by atoms with Crippen molar-refractivity contribution < 1.29 is 13.9 Å². The van der Waals surface area contributed by atoms with Crippen LogP contribution in [-0.4, -0.2) is 19.9 Å². The molecule has 0 aromatic heterocycles. The average Bonchev–Trinajstić information content (AvgIpc) is 3.23. The van der Waals surface area contributed by atoms with Crippen molar-refractivity contribution >= 4 is 0 Å². The highest BCUT2D eigenvalue weighted by molar-refractivity contribution is 5.45. The first-order valence-corrected chi connectivity index (χ1v) is 8.13. The molecule has 3 N–H and O–H groups in total. The molecule has 1 saturated heterocycles. The zero-order chi connectivity index (χ0) is 16.4. The van der Waals surface area contributed by atoms with Crippen LogP contribution in [-0.2, 0) is 6.54 Å². The van der Waals surface area contributed by atoms with Crippen LogP contribution >= 0.6 is 0 Å². The third kappa shape index (κ3) is 3.21. The SMILES string of the molecule is Fc1cccc(CNCC2CNNC2c2ccc3c(c2)OCO3)c1. The van der Waals surface area contributed by atoms with Crippen molar-refractivity contribution in [3.8, 4) is 11.5 Å². The first-order valence-electron chi connectivity index (χ1n) is 8.13. The zero-order valence-electron chi connectivity index (χ0n) is 13.2. The Balaban J connectivity index is 1.38. The lowest BCUT2D eigenvalue weighted by Gasteiger charge is -2.19. The Hall–Kier alpha value is -2.15. The molecule has 2 heterocycles. The summed E-state index contributed by atoms with van der Waals surface area (Å²) in [6, 6.07) is 12.9. The van der Waals surface area contributed by atoms with Gasteiger partial charge in [0.15, 0.2) is 11.5 Å². The van der Waals surface area contributed by atoms with Crippen molar-refractivity contribution in [2.24, 2.45) is 5.92 Å². The lowest BCUT2D eigenvalue weighted by atomic mass is 9.94. The van der Waals surface area contributed by atoms with Gasteiger partial charge in [0.25, 0.3) is 0 Å². The summed E-state index contributed by atoms with van der Waals surface area (Å²) >= 11 is 0. The fraction of sp³-hybridized carbons (Fsp3) is 0.333. The molecule has 1 fully saturated rings. The molecule has 6 heteroatoms. The van der Waals surface area contributed by atoms with Gasteiger partial charge in [-0.25, -0.2) is 9.82 Å². The van der Waals surface area contributed by atoms with Crippen LogP contribution in [0.5, 0.6) is 11.5 Å². The fourth-order valence-corrected chi connectivity index (χ4v) is 3.24. The van der Waals surface area contributed by atoms with Gasteiger partial charge in [-0.2, -0.15) is 0 Å². The van der Waals surface area contributed by atoms with E-state index in [9.17, 15) is 4.39 Å². The molecular weight excluding hydrogens is 309 g/mol. The summed E-state index contributed by atoms with van der Waals surface area (Å²) in [6.07, 6.45) is 0. The zero-order valence-corrected chi connectivity index (χ0v) is 13.2. The molecule has 4 rings (SSSR count). The molecule has 0 amide bonds. The van der Waals surface area contributed by atoms with Crippen LogP contribution in [0.25, 0.3) is 0 Å². The second-order valence-electron chi connectivity index (χ2n) is 6.14. The molecule has 2 aromatic carbocycles. The predicted molar refractivity (Wildman–Crippen MR) is 88.0 cm³/mol. The number of hydrogen-bond donors (Lipinski definition) is 3. The number of benzene rings is 2. The summed E-state index contributed by atoms with van der Waals surface area (Å²) in [5, 5.41) is 3.42. The van der Waals surface area contributed by atoms with E-state index in [1.807, 2.05) is 18.2 Å². The molecule has 0 bridgehead atoms. The lowest BCUT2D eigenvalue weighted by Crippen LogP contribution is -2.28. The molecule has 24 heavy (non-hydrogen) atoms. The number of ether oxygens (including phenoxy) is 2. The quantitative estimate of drug-likeness (QED) is 0.784. The topological polar surface area (TPSA) is 54.5 Å². The summed E-state index contributed by atoms with van der Waals surface area (Å²) in [5.74, 6) is 1.79. The smallest absolute Gasteiger partial charge is 0.231 e. The van der Waals surface area contributed by atoms with E-state index in [4.69, 9.17) is 9.47 Å². The van der Waals surface area contributed by atoms with Crippen LogP contribution in [0.2, 0.25) is 0 Å². The minimum atomic E-state index is -0.197. The number of halogens is 1. The van der Waals surface area contributed by atoms with E-state index in [0.717, 1.165) is 30.2 Å². The van der Waals surface area contributed by atoms with Crippen molar-refractivity contribution in [3.05, 3.63) is 59.4 Å². The van der Waals surface area contributed by atoms with Crippen LogP contribution in [0, 0.1) is 11.7 Å². The summed E-state index contributed by atoms with van der Waals surface area (Å²) in [7, 11) is 0. The Morgan fingerprint density at radius 3 is 2.96 bits per heavy atom. The van der Waals surface area contributed by atoms with Gasteiger partial charge in [0.05, 0.1) is 6.04 Å². The Bertz CT molecular complexity index is 725. The van der Waals surface area contributed by atoms with Gasteiger partial charge < -0.3 is 14.8 Å². The van der Waals surface area contributed by atoms with Gasteiger partial charge in [-0.15, -0.1) is 0 Å². The van der Waals surface area contributed by atoms with E-state index < -0.39 is 0 Å². The van der Waals surface area contributed by atoms with E-state index in [1.165, 1.54) is 11.6 Å². The highest BCUT2D eigenvalue weighted by Crippen LogP contribution is 2.36. The van der Waals surface area contributed by atoms with E-state index >= 15 is 0 Å². The first kappa shape index (κ1) is 15.4. The maximum absolute atomic E-state index is 13.2. The van der Waals surface area contributed by atoms with E-state index in [-0.39, 0.29) is 18.7 Å². The number of fused-ring (bicyclic) bond motifs is 1. The number of rotatable bonds is 5. The van der Waals surface area contributed by atoms with Gasteiger partial charge in [0.1, 0.15) is 5.82 Å². The van der Waals surface area contributed by atoms with Crippen LogP contribution < -0.4 is 25.6 Å². The maximum Gasteiger partial charge on any atom is 0.231 e. The monoisotopic (exact) mass is 329 g/mol. The Labute approximate surface area is 140 Å². The molecule has 0 radical (unpaired) electrons. The molecule has 2 aromatic rings. The molecule has 0 spiro atoms. The number of nitrogens with one attached hydrogen (secondary N) is 3. The van der Waals surface area contributed by atoms with Crippen LogP contribution in [0.15, 0.2) is 42.5 Å². The van der Waals surface area contributed by atoms with Crippen LogP contribution in [0.1, 0.15) is 17.2 Å². The van der Waals surface area contributed by atoms with Crippen molar-refractivity contribution in [2.75, 3.05) is 19.9 Å². The third-order valence-electron chi connectivity index (χ3n) is 4.47. The van der Waals surface area contributed by atoms with Crippen molar-refractivity contribution in [2.45, 2.75) is 12.6 Å². The Kier molecular flexibility index (Phi) is 4.34. The third-order valence-corrected chi connectivity index (χ3v) is 4.47. The molecule has 2 atom stereocenters. The molecule has 126 valence electrons. The average molecular weight is 329 g/mol. The molecule has 2 unspecified atom stereocenters. The van der Waals surface area contributed by atoms with E-state index in [1.54, 1.807) is 12.1 Å². The fourth-order valence-electron chi connectivity index (χ4n) is 3.24. The lowest BCUT2D eigenvalue weighted by molar-refractivity contribution is 0.174. The molecule has 2 aliphatic heterocycles. The summed E-state index contributed by atoms with van der Waals surface area (Å²) in [6.45, 7) is 2.64. The van der Waals surface area contributed by atoms with Gasteiger partial charge in [-0.05, 0) is 35.4 Å². The minimum Gasteiger partial charge on any atom is -0.454 e. The highest BCUT2D eigenvalue weighted by Gasteiger charge is 2.29. The molecule has 5 nitrogen and oxygen atoms in total.